The lowest BCUT2D eigenvalue weighted by Gasteiger charge is -1.94. The molecule has 2 rings (SSSR count). The second-order valence-electron chi connectivity index (χ2n) is 3.75. The monoisotopic (exact) mass is 277 g/mol. The molecule has 5 nitrogen and oxygen atoms in total. The third-order valence-corrected chi connectivity index (χ3v) is 2.54. The number of hydrogen-bond donors (Lipinski definition) is 2. The van der Waals surface area contributed by atoms with Gasteiger partial charge in [0.05, 0.1) is 6.20 Å². The molecule has 0 aliphatic carbocycles. The first-order chi connectivity index (χ1) is 8.93. The molecule has 6 heteroatoms. The quantitative estimate of drug-likeness (QED) is 0.572. The van der Waals surface area contributed by atoms with Crippen LogP contribution in [-0.2, 0) is 0 Å². The lowest BCUT2D eigenvalue weighted by atomic mass is 10.3. The Balaban J connectivity index is 0.000000191. The molecule has 2 aromatic heterocycles. The summed E-state index contributed by atoms with van der Waals surface area (Å²) in [6.07, 6.45) is 2.58. The molecule has 0 fully saturated rings. The molecule has 0 aliphatic rings. The Morgan fingerprint density at radius 3 is 2.00 bits per heavy atom. The molecule has 0 spiro atoms. The number of aryl methyl sites for hydroxylation is 2. The van der Waals surface area contributed by atoms with E-state index in [4.69, 9.17) is 28.4 Å². The van der Waals surface area contributed by atoms with Crippen molar-refractivity contribution in [3.63, 3.8) is 0 Å². The van der Waals surface area contributed by atoms with Crippen molar-refractivity contribution in [3.05, 3.63) is 52.2 Å². The zero-order valence-corrected chi connectivity index (χ0v) is 11.2. The maximum absolute atomic E-state index is 8.87. The normalized spacial score (nSPS) is 9.16. The molecule has 2 N–H and O–H groups in total. The van der Waals surface area contributed by atoms with Gasteiger partial charge in [0, 0.05) is 0 Å². The highest BCUT2D eigenvalue weighted by Gasteiger charge is 1.99. The van der Waals surface area contributed by atoms with Crippen LogP contribution in [0.2, 0.25) is 5.15 Å². The summed E-state index contributed by atoms with van der Waals surface area (Å²) in [6.45, 7) is 10.2. The number of nitrogens with zero attached hydrogens (tertiary/aromatic N) is 3. The van der Waals surface area contributed by atoms with Crippen molar-refractivity contribution in [3.8, 4) is 11.5 Å². The zero-order valence-electron chi connectivity index (χ0n) is 10.4. The van der Waals surface area contributed by atoms with Gasteiger partial charge in [0.15, 0.2) is 11.9 Å². The predicted molar refractivity (Wildman–Crippen MR) is 72.5 cm³/mol. The van der Waals surface area contributed by atoms with Gasteiger partial charge in [-0.3, -0.25) is 0 Å². The second kappa shape index (κ2) is 6.57. The topological polar surface area (TPSA) is 70.6 Å². The van der Waals surface area contributed by atoms with Crippen LogP contribution >= 0.6 is 11.6 Å². The molecular formula is C13H12ClN3O2. The fourth-order valence-electron chi connectivity index (χ4n) is 1.21. The van der Waals surface area contributed by atoms with Gasteiger partial charge in [0.1, 0.15) is 10.9 Å². The highest BCUT2D eigenvalue weighted by atomic mass is 35.5. The van der Waals surface area contributed by atoms with Crippen molar-refractivity contribution in [2.24, 2.45) is 0 Å². The first kappa shape index (κ1) is 14.7. The molecule has 0 saturated heterocycles. The van der Waals surface area contributed by atoms with Crippen molar-refractivity contribution < 1.29 is 10.2 Å². The highest BCUT2D eigenvalue weighted by Crippen LogP contribution is 2.18. The van der Waals surface area contributed by atoms with Crippen LogP contribution in [0, 0.1) is 20.4 Å². The number of rotatable bonds is 0. The number of aromatic hydroxyl groups is 2. The van der Waals surface area contributed by atoms with Crippen molar-refractivity contribution in [1.82, 2.24) is 9.97 Å². The lowest BCUT2D eigenvalue weighted by Crippen LogP contribution is -1.78. The summed E-state index contributed by atoms with van der Waals surface area (Å²) in [7, 11) is 0. The van der Waals surface area contributed by atoms with Crippen LogP contribution in [0.4, 0.5) is 5.82 Å². The minimum absolute atomic E-state index is 0.102. The van der Waals surface area contributed by atoms with E-state index in [1.807, 2.05) is 0 Å². The Morgan fingerprint density at radius 2 is 1.58 bits per heavy atom. The summed E-state index contributed by atoms with van der Waals surface area (Å²) in [5, 5.41) is 18.1. The summed E-state index contributed by atoms with van der Waals surface area (Å²) < 4.78 is 0. The van der Waals surface area contributed by atoms with Crippen LogP contribution in [0.3, 0.4) is 0 Å². The van der Waals surface area contributed by atoms with E-state index in [0.29, 0.717) is 16.5 Å². The molecule has 19 heavy (non-hydrogen) atoms. The van der Waals surface area contributed by atoms with Crippen LogP contribution in [-0.4, -0.2) is 20.2 Å². The van der Waals surface area contributed by atoms with Crippen LogP contribution in [0.5, 0.6) is 11.5 Å². The van der Waals surface area contributed by atoms with Gasteiger partial charge >= 0.3 is 0 Å². The molecule has 0 unspecified atom stereocenters. The molecule has 0 aromatic carbocycles. The largest absolute Gasteiger partial charge is 0.506 e. The number of halogens is 1. The Kier molecular flexibility index (Phi) is 5.10. The van der Waals surface area contributed by atoms with Gasteiger partial charge in [-0.15, -0.1) is 4.98 Å². The summed E-state index contributed by atoms with van der Waals surface area (Å²) in [5.41, 5.74) is 1.49. The predicted octanol–water partition coefficient (Wildman–Crippen LogP) is 3.40. The van der Waals surface area contributed by atoms with Crippen molar-refractivity contribution >= 4 is 17.4 Å². The Bertz CT molecular complexity index is 624. The van der Waals surface area contributed by atoms with E-state index >= 15 is 0 Å². The number of pyridine rings is 2. The molecular weight excluding hydrogens is 266 g/mol. The van der Waals surface area contributed by atoms with Gasteiger partial charge < -0.3 is 15.1 Å². The minimum atomic E-state index is 0.102. The average molecular weight is 278 g/mol. The van der Waals surface area contributed by atoms with Crippen molar-refractivity contribution in [2.75, 3.05) is 0 Å². The Labute approximate surface area is 116 Å². The zero-order chi connectivity index (χ0) is 14.4. The van der Waals surface area contributed by atoms with Gasteiger partial charge in [0.2, 0.25) is 0 Å². The third-order valence-electron chi connectivity index (χ3n) is 2.14. The fraction of sp³-hybridized carbons (Fsp3) is 0.154. The fourth-order valence-corrected chi connectivity index (χ4v) is 1.32. The summed E-state index contributed by atoms with van der Waals surface area (Å²) >= 11 is 5.56. The van der Waals surface area contributed by atoms with Crippen molar-refractivity contribution in [1.29, 1.82) is 0 Å². The highest BCUT2D eigenvalue weighted by molar-refractivity contribution is 6.30. The molecule has 2 heterocycles. The van der Waals surface area contributed by atoms with Gasteiger partial charge in [-0.1, -0.05) is 18.2 Å². The van der Waals surface area contributed by atoms with Gasteiger partial charge in [0.25, 0.3) is 5.82 Å². The van der Waals surface area contributed by atoms with E-state index in [9.17, 15) is 0 Å². The third kappa shape index (κ3) is 4.45. The summed E-state index contributed by atoms with van der Waals surface area (Å²) in [4.78, 5) is 10.5. The lowest BCUT2D eigenvalue weighted by molar-refractivity contribution is 0.471. The molecule has 2 aromatic rings. The maximum Gasteiger partial charge on any atom is 0.272 e. The molecule has 98 valence electrons. The maximum atomic E-state index is 8.87. The van der Waals surface area contributed by atoms with Crippen LogP contribution in [0.1, 0.15) is 11.1 Å². The smallest absolute Gasteiger partial charge is 0.272 e. The summed E-state index contributed by atoms with van der Waals surface area (Å²) in [6, 6.07) is 3.08. The van der Waals surface area contributed by atoms with E-state index in [1.165, 1.54) is 18.5 Å². The van der Waals surface area contributed by atoms with Gasteiger partial charge in [-0.05, 0) is 37.1 Å². The van der Waals surface area contributed by atoms with Crippen molar-refractivity contribution in [2.45, 2.75) is 13.8 Å². The van der Waals surface area contributed by atoms with E-state index in [1.54, 1.807) is 19.9 Å². The second-order valence-corrected chi connectivity index (χ2v) is 4.11. The van der Waals surface area contributed by atoms with E-state index < -0.39 is 0 Å². The van der Waals surface area contributed by atoms with E-state index in [0.717, 1.165) is 5.56 Å². The Hall–Kier alpha value is -2.32. The average Bonchev–Trinajstić information content (AvgIpc) is 2.35. The van der Waals surface area contributed by atoms with Crippen LogP contribution in [0.25, 0.3) is 4.85 Å². The first-order valence-electron chi connectivity index (χ1n) is 5.28. The van der Waals surface area contributed by atoms with Crippen LogP contribution < -0.4 is 0 Å². The van der Waals surface area contributed by atoms with Crippen LogP contribution in [0.15, 0.2) is 24.5 Å². The molecule has 0 radical (unpaired) electrons. The van der Waals surface area contributed by atoms with Gasteiger partial charge in [-0.2, -0.15) is 0 Å². The standard InChI is InChI=1S/C7H6N2O.C6H6ClNO/c1-5-3-6(10)4-9-7(5)8-2;1-4-2-5(9)3-8-6(4)7/h3-4,10H,1H3;2-3,9H,1H3. The molecule has 0 bridgehead atoms. The molecule has 0 aliphatic heterocycles. The molecule has 0 saturated carbocycles. The molecule has 0 atom stereocenters. The van der Waals surface area contributed by atoms with E-state index in [2.05, 4.69) is 14.8 Å². The van der Waals surface area contributed by atoms with Gasteiger partial charge in [-0.25, -0.2) is 4.98 Å². The minimum Gasteiger partial charge on any atom is -0.506 e. The van der Waals surface area contributed by atoms with E-state index in [-0.39, 0.29) is 11.5 Å². The number of aromatic nitrogens is 2. The first-order valence-corrected chi connectivity index (χ1v) is 5.66. The summed E-state index contributed by atoms with van der Waals surface area (Å²) in [5.74, 6) is 0.597. The SMILES string of the molecule is Cc1cc(O)cnc1Cl.[C-]#[N+]c1ncc(O)cc1C. The Morgan fingerprint density at radius 1 is 1.05 bits per heavy atom. The molecule has 0 amide bonds. The number of hydrogen-bond acceptors (Lipinski definition) is 4.